The summed E-state index contributed by atoms with van der Waals surface area (Å²) < 4.78 is 11.1. The van der Waals surface area contributed by atoms with E-state index in [0.717, 1.165) is 24.8 Å². The molecule has 1 heterocycles. The van der Waals surface area contributed by atoms with Gasteiger partial charge >= 0.3 is 6.09 Å². The third-order valence-corrected chi connectivity index (χ3v) is 2.89. The zero-order valence-electron chi connectivity index (χ0n) is 10.9. The molecule has 17 heavy (non-hydrogen) atoms. The van der Waals surface area contributed by atoms with Crippen LogP contribution in [0.3, 0.4) is 0 Å². The molecule has 1 fully saturated rings. The highest BCUT2D eigenvalue weighted by Gasteiger charge is 2.26. The first-order chi connectivity index (χ1) is 7.92. The average Bonchev–Trinajstić information content (AvgIpc) is 2.41. The Morgan fingerprint density at radius 2 is 2.24 bits per heavy atom. The van der Waals surface area contributed by atoms with Crippen molar-refractivity contribution in [2.75, 3.05) is 25.0 Å². The molecule has 0 bridgehead atoms. The Bertz CT molecular complexity index is 253. The van der Waals surface area contributed by atoms with E-state index in [9.17, 15) is 4.79 Å². The van der Waals surface area contributed by atoms with Gasteiger partial charge in [-0.05, 0) is 33.6 Å². The van der Waals surface area contributed by atoms with Crippen LogP contribution in [0.5, 0.6) is 0 Å². The maximum absolute atomic E-state index is 12.0. The molecule has 1 saturated heterocycles. The Hall–Kier alpha value is -0.290. The maximum Gasteiger partial charge on any atom is 0.410 e. The lowest BCUT2D eigenvalue weighted by atomic mass is 10.2. The van der Waals surface area contributed by atoms with E-state index in [1.165, 1.54) is 0 Å². The summed E-state index contributed by atoms with van der Waals surface area (Å²) in [6.07, 6.45) is 1.67. The molecule has 0 N–H and O–H groups in total. The van der Waals surface area contributed by atoms with Crippen molar-refractivity contribution in [2.24, 2.45) is 0 Å². The molecule has 1 atom stereocenters. The second-order valence-corrected chi connectivity index (χ2v) is 6.04. The van der Waals surface area contributed by atoms with Crippen LogP contribution < -0.4 is 0 Å². The van der Waals surface area contributed by atoms with Gasteiger partial charge in [0, 0.05) is 18.5 Å². The normalized spacial score (nSPS) is 22.1. The Balaban J connectivity index is 2.53. The smallest absolute Gasteiger partial charge is 0.410 e. The van der Waals surface area contributed by atoms with Gasteiger partial charge in [0.05, 0.1) is 12.6 Å². The van der Waals surface area contributed by atoms with Crippen molar-refractivity contribution in [3.8, 4) is 0 Å². The first kappa shape index (κ1) is 14.8. The number of alkyl halides is 1. The summed E-state index contributed by atoms with van der Waals surface area (Å²) in [5.74, 6) is 0. The fourth-order valence-electron chi connectivity index (χ4n) is 1.68. The Kier molecular flexibility index (Phi) is 5.73. The highest BCUT2D eigenvalue weighted by molar-refractivity contribution is 9.09. The quantitative estimate of drug-likeness (QED) is 0.736. The lowest BCUT2D eigenvalue weighted by molar-refractivity contribution is 0.0140. The van der Waals surface area contributed by atoms with Gasteiger partial charge in [0.2, 0.25) is 0 Å². The molecule has 1 aliphatic rings. The molecule has 1 amide bonds. The van der Waals surface area contributed by atoms with E-state index in [4.69, 9.17) is 9.47 Å². The second kappa shape index (κ2) is 6.59. The zero-order valence-corrected chi connectivity index (χ0v) is 12.5. The number of amides is 1. The van der Waals surface area contributed by atoms with E-state index in [2.05, 4.69) is 15.9 Å². The molecular weight excluding hydrogens is 286 g/mol. The molecule has 0 spiro atoms. The van der Waals surface area contributed by atoms with Gasteiger partial charge in [0.15, 0.2) is 0 Å². The summed E-state index contributed by atoms with van der Waals surface area (Å²) in [5.41, 5.74) is -0.435. The molecule has 1 rings (SSSR count). The molecule has 4 nitrogen and oxygen atoms in total. The molecular formula is C12H22BrNO3. The topological polar surface area (TPSA) is 38.8 Å². The van der Waals surface area contributed by atoms with Gasteiger partial charge in [-0.15, -0.1) is 0 Å². The minimum atomic E-state index is -0.435. The number of hydrogen-bond donors (Lipinski definition) is 0. The lowest BCUT2D eigenvalue weighted by Gasteiger charge is -2.27. The number of ether oxygens (including phenoxy) is 2. The van der Waals surface area contributed by atoms with Crippen LogP contribution in [0.4, 0.5) is 4.79 Å². The van der Waals surface area contributed by atoms with Crippen molar-refractivity contribution in [2.45, 2.75) is 45.3 Å². The largest absolute Gasteiger partial charge is 0.444 e. The number of nitrogens with zero attached hydrogens (tertiary/aromatic N) is 1. The molecule has 0 saturated carbocycles. The SMILES string of the molecule is CC(C)(C)OC(=O)N1CCCOC(CCBr)C1. The van der Waals surface area contributed by atoms with Crippen molar-refractivity contribution >= 4 is 22.0 Å². The minimum absolute atomic E-state index is 0.115. The van der Waals surface area contributed by atoms with Crippen LogP contribution in [-0.4, -0.2) is 47.7 Å². The molecule has 0 radical (unpaired) electrons. The zero-order chi connectivity index (χ0) is 12.9. The lowest BCUT2D eigenvalue weighted by Crippen LogP contribution is -2.40. The van der Waals surface area contributed by atoms with Gasteiger partial charge < -0.3 is 14.4 Å². The molecule has 0 aromatic rings. The average molecular weight is 308 g/mol. The van der Waals surface area contributed by atoms with E-state index in [1.807, 2.05) is 20.8 Å². The summed E-state index contributed by atoms with van der Waals surface area (Å²) in [6.45, 7) is 7.71. The third kappa shape index (κ3) is 5.73. The van der Waals surface area contributed by atoms with Crippen LogP contribution in [0.1, 0.15) is 33.6 Å². The van der Waals surface area contributed by atoms with Crippen molar-refractivity contribution in [1.82, 2.24) is 4.90 Å². The van der Waals surface area contributed by atoms with E-state index < -0.39 is 5.60 Å². The monoisotopic (exact) mass is 307 g/mol. The first-order valence-corrected chi connectivity index (χ1v) is 7.20. The molecule has 0 aromatic heterocycles. The predicted octanol–water partition coefficient (Wildman–Crippen LogP) is 2.80. The van der Waals surface area contributed by atoms with E-state index in [-0.39, 0.29) is 12.2 Å². The minimum Gasteiger partial charge on any atom is -0.444 e. The molecule has 5 heteroatoms. The molecule has 0 aromatic carbocycles. The van der Waals surface area contributed by atoms with Gasteiger partial charge in [-0.3, -0.25) is 0 Å². The van der Waals surface area contributed by atoms with Crippen LogP contribution in [0.15, 0.2) is 0 Å². The predicted molar refractivity (Wildman–Crippen MR) is 70.6 cm³/mol. The van der Waals surface area contributed by atoms with Gasteiger partial charge in [0.1, 0.15) is 5.60 Å². The molecule has 0 aliphatic carbocycles. The Morgan fingerprint density at radius 3 is 2.82 bits per heavy atom. The highest BCUT2D eigenvalue weighted by atomic mass is 79.9. The van der Waals surface area contributed by atoms with Crippen molar-refractivity contribution in [3.63, 3.8) is 0 Å². The summed E-state index contributed by atoms with van der Waals surface area (Å²) in [4.78, 5) is 13.7. The van der Waals surface area contributed by atoms with Gasteiger partial charge in [-0.25, -0.2) is 4.79 Å². The maximum atomic E-state index is 12.0. The summed E-state index contributed by atoms with van der Waals surface area (Å²) in [7, 11) is 0. The summed E-state index contributed by atoms with van der Waals surface area (Å²) >= 11 is 3.40. The van der Waals surface area contributed by atoms with Crippen molar-refractivity contribution < 1.29 is 14.3 Å². The van der Waals surface area contributed by atoms with E-state index in [0.29, 0.717) is 13.1 Å². The standard InChI is InChI=1S/C12H22BrNO3/c1-12(2,3)17-11(15)14-7-4-8-16-10(9-14)5-6-13/h10H,4-9H2,1-3H3. The number of hydrogen-bond acceptors (Lipinski definition) is 3. The van der Waals surface area contributed by atoms with Crippen LogP contribution in [0.25, 0.3) is 0 Å². The van der Waals surface area contributed by atoms with Crippen LogP contribution in [0, 0.1) is 0 Å². The second-order valence-electron chi connectivity index (χ2n) is 5.25. The Morgan fingerprint density at radius 1 is 1.53 bits per heavy atom. The summed E-state index contributed by atoms with van der Waals surface area (Å²) in [6, 6.07) is 0. The molecule has 100 valence electrons. The highest BCUT2D eigenvalue weighted by Crippen LogP contribution is 2.15. The molecule has 1 aliphatic heterocycles. The van der Waals surface area contributed by atoms with Crippen LogP contribution in [-0.2, 0) is 9.47 Å². The van der Waals surface area contributed by atoms with Crippen molar-refractivity contribution in [1.29, 1.82) is 0 Å². The molecule has 1 unspecified atom stereocenters. The Labute approximate surface area is 112 Å². The van der Waals surface area contributed by atoms with Gasteiger partial charge in [0.25, 0.3) is 0 Å². The van der Waals surface area contributed by atoms with Gasteiger partial charge in [-0.1, -0.05) is 15.9 Å². The number of carbonyl (C=O) groups is 1. The van der Waals surface area contributed by atoms with E-state index in [1.54, 1.807) is 4.90 Å². The fraction of sp³-hybridized carbons (Fsp3) is 0.917. The fourth-order valence-corrected chi connectivity index (χ4v) is 2.19. The first-order valence-electron chi connectivity index (χ1n) is 6.08. The van der Waals surface area contributed by atoms with Gasteiger partial charge in [-0.2, -0.15) is 0 Å². The number of carbonyl (C=O) groups excluding carboxylic acids is 1. The van der Waals surface area contributed by atoms with Crippen molar-refractivity contribution in [3.05, 3.63) is 0 Å². The number of rotatable bonds is 2. The van der Waals surface area contributed by atoms with E-state index >= 15 is 0 Å². The van der Waals surface area contributed by atoms with Crippen LogP contribution in [0.2, 0.25) is 0 Å². The number of halogens is 1. The third-order valence-electron chi connectivity index (χ3n) is 2.43. The van der Waals surface area contributed by atoms with Crippen LogP contribution >= 0.6 is 15.9 Å². The summed E-state index contributed by atoms with van der Waals surface area (Å²) in [5, 5.41) is 0.889.